The van der Waals surface area contributed by atoms with E-state index in [0.29, 0.717) is 5.75 Å². The third kappa shape index (κ3) is 3.31. The van der Waals surface area contributed by atoms with Crippen molar-refractivity contribution < 1.29 is 9.53 Å². The second kappa shape index (κ2) is 5.82. The molecule has 0 spiro atoms. The molecule has 0 aliphatic rings. The predicted octanol–water partition coefficient (Wildman–Crippen LogP) is 2.93. The number of aromatic nitrogens is 1. The highest BCUT2D eigenvalue weighted by Gasteiger charge is 2.10. The lowest BCUT2D eigenvalue weighted by Gasteiger charge is -2.13. The lowest BCUT2D eigenvalue weighted by Crippen LogP contribution is -2.29. The minimum absolute atomic E-state index is 0.144. The van der Waals surface area contributed by atoms with E-state index in [2.05, 4.69) is 10.3 Å². The number of benzene rings is 1. The molecule has 0 aliphatic heterocycles. The Bertz CT molecular complexity index is 500. The molecular formula is C14H14N2O2. The average Bonchev–Trinajstić information content (AvgIpc) is 2.40. The molecule has 18 heavy (non-hydrogen) atoms. The zero-order valence-electron chi connectivity index (χ0n) is 10.0. The molecule has 2 aromatic rings. The Balaban J connectivity index is 1.92. The van der Waals surface area contributed by atoms with Crippen LogP contribution in [0.3, 0.4) is 0 Å². The number of amides is 1. The number of rotatable bonds is 3. The van der Waals surface area contributed by atoms with E-state index in [1.54, 1.807) is 24.5 Å². The molecule has 0 radical (unpaired) electrons. The zero-order valence-corrected chi connectivity index (χ0v) is 10.0. The van der Waals surface area contributed by atoms with E-state index in [-0.39, 0.29) is 6.04 Å². The number of ether oxygens (including phenoxy) is 1. The number of para-hydroxylation sites is 1. The predicted molar refractivity (Wildman–Crippen MR) is 68.3 cm³/mol. The van der Waals surface area contributed by atoms with Crippen LogP contribution in [-0.2, 0) is 0 Å². The molecule has 92 valence electrons. The highest BCUT2D eigenvalue weighted by molar-refractivity contribution is 5.70. The van der Waals surface area contributed by atoms with Crippen molar-refractivity contribution in [2.24, 2.45) is 0 Å². The van der Waals surface area contributed by atoms with Gasteiger partial charge in [-0.25, -0.2) is 4.79 Å². The van der Waals surface area contributed by atoms with Gasteiger partial charge in [-0.15, -0.1) is 0 Å². The Morgan fingerprint density at radius 1 is 1.22 bits per heavy atom. The monoisotopic (exact) mass is 242 g/mol. The largest absolute Gasteiger partial charge is 0.413 e. The first-order valence-electron chi connectivity index (χ1n) is 5.69. The lowest BCUT2D eigenvalue weighted by molar-refractivity contribution is 0.197. The summed E-state index contributed by atoms with van der Waals surface area (Å²) in [7, 11) is 0. The molecule has 1 N–H and O–H groups in total. The van der Waals surface area contributed by atoms with Crippen LogP contribution >= 0.6 is 0 Å². The van der Waals surface area contributed by atoms with E-state index in [4.69, 9.17) is 4.74 Å². The van der Waals surface area contributed by atoms with Gasteiger partial charge in [-0.2, -0.15) is 0 Å². The summed E-state index contributed by atoms with van der Waals surface area (Å²) in [5.41, 5.74) is 0.933. The first-order valence-corrected chi connectivity index (χ1v) is 5.69. The minimum atomic E-state index is -0.474. The average molecular weight is 242 g/mol. The van der Waals surface area contributed by atoms with E-state index in [9.17, 15) is 4.79 Å². The number of hydrogen-bond acceptors (Lipinski definition) is 3. The second-order valence-electron chi connectivity index (χ2n) is 3.85. The van der Waals surface area contributed by atoms with Crippen LogP contribution < -0.4 is 10.1 Å². The number of hydrogen-bond donors (Lipinski definition) is 1. The highest BCUT2D eigenvalue weighted by atomic mass is 16.6. The SMILES string of the molecule is CC(NC(=O)Oc1ccccc1)c1cccnc1. The molecule has 4 heteroatoms. The van der Waals surface area contributed by atoms with Gasteiger partial charge < -0.3 is 10.1 Å². The quantitative estimate of drug-likeness (QED) is 0.900. The van der Waals surface area contributed by atoms with Crippen LogP contribution in [0.5, 0.6) is 5.75 Å². The summed E-state index contributed by atoms with van der Waals surface area (Å²) in [5.74, 6) is 0.522. The van der Waals surface area contributed by atoms with Crippen LogP contribution in [0.15, 0.2) is 54.9 Å². The van der Waals surface area contributed by atoms with Gasteiger partial charge in [-0.05, 0) is 30.7 Å². The normalized spacial score (nSPS) is 11.6. The van der Waals surface area contributed by atoms with Crippen molar-refractivity contribution in [3.63, 3.8) is 0 Å². The highest BCUT2D eigenvalue weighted by Crippen LogP contribution is 2.12. The molecule has 0 bridgehead atoms. The van der Waals surface area contributed by atoms with E-state index >= 15 is 0 Å². The Morgan fingerprint density at radius 3 is 2.67 bits per heavy atom. The van der Waals surface area contributed by atoms with Gasteiger partial charge in [-0.1, -0.05) is 24.3 Å². The van der Waals surface area contributed by atoms with Crippen LogP contribution in [0.1, 0.15) is 18.5 Å². The number of pyridine rings is 1. The van der Waals surface area contributed by atoms with Gasteiger partial charge in [0.15, 0.2) is 0 Å². The van der Waals surface area contributed by atoms with E-state index in [1.807, 2.05) is 37.3 Å². The van der Waals surface area contributed by atoms with Crippen molar-refractivity contribution in [3.05, 3.63) is 60.4 Å². The summed E-state index contributed by atoms with van der Waals surface area (Å²) in [4.78, 5) is 15.6. The smallest absolute Gasteiger partial charge is 0.410 e. The van der Waals surface area contributed by atoms with Crippen molar-refractivity contribution in [2.75, 3.05) is 0 Å². The maximum atomic E-state index is 11.6. The number of nitrogens with zero attached hydrogens (tertiary/aromatic N) is 1. The van der Waals surface area contributed by atoms with Gasteiger partial charge >= 0.3 is 6.09 Å². The van der Waals surface area contributed by atoms with Crippen LogP contribution in [0.25, 0.3) is 0 Å². The van der Waals surface area contributed by atoms with Gasteiger partial charge in [0.2, 0.25) is 0 Å². The Hall–Kier alpha value is -2.36. The summed E-state index contributed by atoms with van der Waals surface area (Å²) in [6.07, 6.45) is 2.93. The molecule has 2 rings (SSSR count). The van der Waals surface area contributed by atoms with Crippen molar-refractivity contribution in [1.82, 2.24) is 10.3 Å². The third-order valence-corrected chi connectivity index (χ3v) is 2.47. The fourth-order valence-corrected chi connectivity index (χ4v) is 1.52. The standard InChI is InChI=1S/C14H14N2O2/c1-11(12-6-5-9-15-10-12)16-14(17)18-13-7-3-2-4-8-13/h2-11H,1H3,(H,16,17). The molecule has 1 unspecified atom stereocenters. The topological polar surface area (TPSA) is 51.2 Å². The van der Waals surface area contributed by atoms with Gasteiger partial charge in [0.25, 0.3) is 0 Å². The molecule has 1 aromatic carbocycles. The van der Waals surface area contributed by atoms with Crippen LogP contribution in [0, 0.1) is 0 Å². The van der Waals surface area contributed by atoms with Crippen molar-refractivity contribution in [2.45, 2.75) is 13.0 Å². The fourth-order valence-electron chi connectivity index (χ4n) is 1.52. The van der Waals surface area contributed by atoms with E-state index in [1.165, 1.54) is 0 Å². The Morgan fingerprint density at radius 2 is 2.00 bits per heavy atom. The second-order valence-corrected chi connectivity index (χ2v) is 3.85. The third-order valence-electron chi connectivity index (χ3n) is 2.47. The molecule has 1 amide bonds. The van der Waals surface area contributed by atoms with E-state index in [0.717, 1.165) is 5.56 Å². The van der Waals surface area contributed by atoms with E-state index < -0.39 is 6.09 Å². The summed E-state index contributed by atoms with van der Waals surface area (Å²) < 4.78 is 5.14. The summed E-state index contributed by atoms with van der Waals surface area (Å²) in [6.45, 7) is 1.88. The summed E-state index contributed by atoms with van der Waals surface area (Å²) in [6, 6.07) is 12.5. The fraction of sp³-hybridized carbons (Fsp3) is 0.143. The van der Waals surface area contributed by atoms with Gasteiger partial charge in [0.05, 0.1) is 6.04 Å². The molecule has 1 aromatic heterocycles. The maximum Gasteiger partial charge on any atom is 0.413 e. The first-order chi connectivity index (χ1) is 8.75. The number of nitrogens with one attached hydrogen (secondary N) is 1. The molecule has 0 saturated carbocycles. The lowest BCUT2D eigenvalue weighted by atomic mass is 10.1. The molecule has 1 heterocycles. The van der Waals surface area contributed by atoms with Gasteiger partial charge in [0.1, 0.15) is 5.75 Å². The maximum absolute atomic E-state index is 11.6. The molecular weight excluding hydrogens is 228 g/mol. The molecule has 0 fully saturated rings. The first kappa shape index (κ1) is 12.1. The minimum Gasteiger partial charge on any atom is -0.410 e. The summed E-state index contributed by atoms with van der Waals surface area (Å²) in [5, 5.41) is 2.74. The van der Waals surface area contributed by atoms with Gasteiger partial charge in [-0.3, -0.25) is 4.98 Å². The van der Waals surface area contributed by atoms with Crippen molar-refractivity contribution >= 4 is 6.09 Å². The van der Waals surface area contributed by atoms with Crippen molar-refractivity contribution in [1.29, 1.82) is 0 Å². The van der Waals surface area contributed by atoms with Crippen LogP contribution in [0.4, 0.5) is 4.79 Å². The number of carbonyl (C=O) groups is 1. The van der Waals surface area contributed by atoms with Crippen LogP contribution in [0.2, 0.25) is 0 Å². The van der Waals surface area contributed by atoms with Crippen LogP contribution in [-0.4, -0.2) is 11.1 Å². The van der Waals surface area contributed by atoms with Gasteiger partial charge in [0, 0.05) is 12.4 Å². The Kier molecular flexibility index (Phi) is 3.91. The summed E-state index contributed by atoms with van der Waals surface area (Å²) >= 11 is 0. The van der Waals surface area contributed by atoms with Crippen molar-refractivity contribution in [3.8, 4) is 5.75 Å². The molecule has 4 nitrogen and oxygen atoms in total. The number of carbonyl (C=O) groups excluding carboxylic acids is 1. The molecule has 0 aliphatic carbocycles. The molecule has 1 atom stereocenters. The molecule has 0 saturated heterocycles. The zero-order chi connectivity index (χ0) is 12.8. The Labute approximate surface area is 106 Å².